The number of aryl methyl sites for hydroxylation is 1. The van der Waals surface area contributed by atoms with Crippen LogP contribution in [0.25, 0.3) is 11.1 Å². The fourth-order valence-corrected chi connectivity index (χ4v) is 3.27. The molecule has 152 valence electrons. The summed E-state index contributed by atoms with van der Waals surface area (Å²) < 4.78 is 13.0. The van der Waals surface area contributed by atoms with E-state index in [1.54, 1.807) is 30.4 Å². The predicted octanol–water partition coefficient (Wildman–Crippen LogP) is 2.79. The summed E-state index contributed by atoms with van der Waals surface area (Å²) in [5.74, 6) is 2.79. The van der Waals surface area contributed by atoms with Crippen molar-refractivity contribution < 1.29 is 14.6 Å². The molecule has 0 aliphatic heterocycles. The SMILES string of the molecule is COc1ccc(C2CC2COc2nc(C)ncc2-c2cnn(C(C)CO)c2)nc1. The highest BCUT2D eigenvalue weighted by Crippen LogP contribution is 2.47. The van der Waals surface area contributed by atoms with Crippen molar-refractivity contribution in [1.29, 1.82) is 0 Å². The van der Waals surface area contributed by atoms with Crippen LogP contribution in [0.1, 0.15) is 36.8 Å². The smallest absolute Gasteiger partial charge is 0.224 e. The van der Waals surface area contributed by atoms with E-state index in [2.05, 4.69) is 20.1 Å². The lowest BCUT2D eigenvalue weighted by molar-refractivity contribution is 0.230. The number of rotatable bonds is 8. The van der Waals surface area contributed by atoms with Gasteiger partial charge in [0.1, 0.15) is 11.6 Å². The van der Waals surface area contributed by atoms with E-state index in [0.717, 1.165) is 29.0 Å². The van der Waals surface area contributed by atoms with Crippen LogP contribution in [-0.4, -0.2) is 50.2 Å². The van der Waals surface area contributed by atoms with Crippen LogP contribution >= 0.6 is 0 Å². The van der Waals surface area contributed by atoms with Crippen molar-refractivity contribution in [1.82, 2.24) is 24.7 Å². The molecule has 1 aliphatic rings. The van der Waals surface area contributed by atoms with E-state index in [9.17, 15) is 5.11 Å². The molecule has 3 heterocycles. The van der Waals surface area contributed by atoms with E-state index in [4.69, 9.17) is 9.47 Å². The van der Waals surface area contributed by atoms with Crippen LogP contribution < -0.4 is 9.47 Å². The molecule has 0 saturated heterocycles. The van der Waals surface area contributed by atoms with Gasteiger partial charge in [-0.3, -0.25) is 9.67 Å². The number of hydrogen-bond acceptors (Lipinski definition) is 7. The van der Waals surface area contributed by atoms with Crippen LogP contribution in [0.15, 0.2) is 36.9 Å². The topological polar surface area (TPSA) is 95.2 Å². The number of pyridine rings is 1. The predicted molar refractivity (Wildman–Crippen MR) is 107 cm³/mol. The van der Waals surface area contributed by atoms with Gasteiger partial charge in [0.15, 0.2) is 0 Å². The van der Waals surface area contributed by atoms with Crippen molar-refractivity contribution in [2.24, 2.45) is 5.92 Å². The average Bonchev–Trinajstić information content (AvgIpc) is 3.37. The summed E-state index contributed by atoms with van der Waals surface area (Å²) in [4.78, 5) is 13.3. The lowest BCUT2D eigenvalue weighted by Gasteiger charge is -2.10. The summed E-state index contributed by atoms with van der Waals surface area (Å²) >= 11 is 0. The van der Waals surface area contributed by atoms with Crippen LogP contribution in [0.3, 0.4) is 0 Å². The van der Waals surface area contributed by atoms with Crippen LogP contribution in [-0.2, 0) is 0 Å². The van der Waals surface area contributed by atoms with Crippen molar-refractivity contribution in [2.45, 2.75) is 32.2 Å². The highest BCUT2D eigenvalue weighted by Gasteiger charge is 2.40. The van der Waals surface area contributed by atoms with E-state index in [1.165, 1.54) is 0 Å². The summed E-state index contributed by atoms with van der Waals surface area (Å²) in [7, 11) is 1.64. The van der Waals surface area contributed by atoms with Gasteiger partial charge < -0.3 is 14.6 Å². The molecule has 8 nitrogen and oxygen atoms in total. The van der Waals surface area contributed by atoms with E-state index < -0.39 is 0 Å². The largest absolute Gasteiger partial charge is 0.495 e. The molecule has 8 heteroatoms. The summed E-state index contributed by atoms with van der Waals surface area (Å²) in [5.41, 5.74) is 2.73. The second-order valence-electron chi connectivity index (χ2n) is 7.41. The minimum atomic E-state index is -0.0938. The lowest BCUT2D eigenvalue weighted by Crippen LogP contribution is -2.09. The van der Waals surface area contributed by atoms with E-state index >= 15 is 0 Å². The van der Waals surface area contributed by atoms with Crippen molar-refractivity contribution in [3.63, 3.8) is 0 Å². The molecule has 0 spiro atoms. The van der Waals surface area contributed by atoms with Gasteiger partial charge in [-0.15, -0.1) is 0 Å². The molecular formula is C21H25N5O3. The van der Waals surface area contributed by atoms with Gasteiger partial charge in [-0.2, -0.15) is 10.1 Å². The maximum absolute atomic E-state index is 9.34. The number of ether oxygens (including phenoxy) is 2. The molecule has 3 aromatic rings. The zero-order valence-corrected chi connectivity index (χ0v) is 16.8. The van der Waals surface area contributed by atoms with Gasteiger partial charge in [0.2, 0.25) is 5.88 Å². The van der Waals surface area contributed by atoms with Crippen molar-refractivity contribution in [3.8, 4) is 22.8 Å². The minimum Gasteiger partial charge on any atom is -0.495 e. The Morgan fingerprint density at radius 2 is 2.10 bits per heavy atom. The number of nitrogens with zero attached hydrogens (tertiary/aromatic N) is 5. The molecule has 0 aromatic carbocycles. The first-order valence-corrected chi connectivity index (χ1v) is 9.70. The Balaban J connectivity index is 1.45. The highest BCUT2D eigenvalue weighted by molar-refractivity contribution is 5.66. The molecule has 1 N–H and O–H groups in total. The van der Waals surface area contributed by atoms with Crippen LogP contribution in [0.4, 0.5) is 0 Å². The lowest BCUT2D eigenvalue weighted by atomic mass is 10.2. The molecule has 4 rings (SSSR count). The maximum Gasteiger partial charge on any atom is 0.224 e. The van der Waals surface area contributed by atoms with Gasteiger partial charge in [0, 0.05) is 35.5 Å². The van der Waals surface area contributed by atoms with Crippen molar-refractivity contribution >= 4 is 0 Å². The molecule has 1 fully saturated rings. The third-order valence-corrected chi connectivity index (χ3v) is 5.23. The molecule has 0 radical (unpaired) electrons. The molecule has 29 heavy (non-hydrogen) atoms. The first-order valence-electron chi connectivity index (χ1n) is 9.70. The number of methoxy groups -OCH3 is 1. The summed E-state index contributed by atoms with van der Waals surface area (Å²) in [6.07, 6.45) is 8.18. The molecule has 3 atom stereocenters. The Morgan fingerprint density at radius 1 is 1.24 bits per heavy atom. The molecule has 0 bridgehead atoms. The Kier molecular flexibility index (Phi) is 5.44. The normalized spacial score (nSPS) is 19.0. The fourth-order valence-electron chi connectivity index (χ4n) is 3.27. The van der Waals surface area contributed by atoms with Crippen LogP contribution in [0.5, 0.6) is 11.6 Å². The quantitative estimate of drug-likeness (QED) is 0.626. The second kappa shape index (κ2) is 8.16. The Morgan fingerprint density at radius 3 is 2.83 bits per heavy atom. The maximum atomic E-state index is 9.34. The molecule has 1 saturated carbocycles. The van der Waals surface area contributed by atoms with Gasteiger partial charge >= 0.3 is 0 Å². The zero-order valence-electron chi connectivity index (χ0n) is 16.8. The highest BCUT2D eigenvalue weighted by atomic mass is 16.5. The van der Waals surface area contributed by atoms with E-state index in [-0.39, 0.29) is 12.6 Å². The number of hydrogen-bond donors (Lipinski definition) is 1. The van der Waals surface area contributed by atoms with Gasteiger partial charge in [0.25, 0.3) is 0 Å². The summed E-state index contributed by atoms with van der Waals surface area (Å²) in [6.45, 7) is 4.34. The van der Waals surface area contributed by atoms with Crippen molar-refractivity contribution in [2.75, 3.05) is 20.3 Å². The monoisotopic (exact) mass is 395 g/mol. The summed E-state index contributed by atoms with van der Waals surface area (Å²) in [5, 5.41) is 13.7. The van der Waals surface area contributed by atoms with Gasteiger partial charge in [-0.25, -0.2) is 4.98 Å². The first-order chi connectivity index (χ1) is 14.1. The Hall–Kier alpha value is -3.00. The molecule has 3 aromatic heterocycles. The van der Waals surface area contributed by atoms with E-state index in [0.29, 0.717) is 30.1 Å². The molecule has 1 aliphatic carbocycles. The zero-order chi connectivity index (χ0) is 20.4. The second-order valence-corrected chi connectivity index (χ2v) is 7.41. The van der Waals surface area contributed by atoms with Crippen LogP contribution in [0, 0.1) is 12.8 Å². The van der Waals surface area contributed by atoms with Gasteiger partial charge in [0.05, 0.1) is 44.3 Å². The number of aliphatic hydroxyl groups is 1. The van der Waals surface area contributed by atoms with E-state index in [1.807, 2.05) is 32.2 Å². The van der Waals surface area contributed by atoms with Gasteiger partial charge in [-0.05, 0) is 32.4 Å². The molecule has 0 amide bonds. The standard InChI is InChI=1S/C21H25N5O3/c1-13(11-27)26-10-16(7-24-26)19-9-22-14(2)25-21(19)29-12-15-6-18(15)20-5-4-17(28-3)8-23-20/h4-5,7-10,13,15,18,27H,6,11-12H2,1-3H3. The number of aromatic nitrogens is 5. The third-order valence-electron chi connectivity index (χ3n) is 5.23. The number of aliphatic hydroxyl groups excluding tert-OH is 1. The average molecular weight is 395 g/mol. The van der Waals surface area contributed by atoms with Crippen molar-refractivity contribution in [3.05, 3.63) is 48.4 Å². The minimum absolute atomic E-state index is 0.0251. The fraction of sp³-hybridized carbons (Fsp3) is 0.429. The van der Waals surface area contributed by atoms with Crippen LogP contribution in [0.2, 0.25) is 0 Å². The van der Waals surface area contributed by atoms with Gasteiger partial charge in [-0.1, -0.05) is 0 Å². The molecule has 3 unspecified atom stereocenters. The Bertz CT molecular complexity index is 973. The summed E-state index contributed by atoms with van der Waals surface area (Å²) in [6, 6.07) is 3.86. The third kappa shape index (κ3) is 4.22. The molecular weight excluding hydrogens is 370 g/mol. The first kappa shape index (κ1) is 19.3. The Labute approximate surface area is 169 Å².